The molecule has 2 aromatic carbocycles. The predicted octanol–water partition coefficient (Wildman–Crippen LogP) is 3.19. The first-order chi connectivity index (χ1) is 18.1. The lowest BCUT2D eigenvalue weighted by Crippen LogP contribution is -2.26. The van der Waals surface area contributed by atoms with Crippen molar-refractivity contribution in [2.45, 2.75) is 18.0 Å². The molecule has 0 aliphatic carbocycles. The molecule has 0 unspecified atom stereocenters. The number of halogens is 1. The number of sulfonamides is 1. The van der Waals surface area contributed by atoms with Gasteiger partial charge in [-0.05, 0) is 48.5 Å². The van der Waals surface area contributed by atoms with Gasteiger partial charge in [0, 0.05) is 24.7 Å². The molecule has 1 heterocycles. The first kappa shape index (κ1) is 29.1. The second-order valence-corrected chi connectivity index (χ2v) is 10.3. The quantitative estimate of drug-likeness (QED) is 0.222. The van der Waals surface area contributed by atoms with E-state index in [4.69, 9.17) is 31.9 Å². The SMILES string of the molecule is COCc1c(/N=N/c2ccc(S(=O)(=O)N(C)c3ccc(Cl)cc3)cc2)c(O)n(CCOCCO)c(=O)c1N. The van der Waals surface area contributed by atoms with Crippen LogP contribution in [-0.4, -0.2) is 57.2 Å². The van der Waals surface area contributed by atoms with Gasteiger partial charge in [-0.25, -0.2) is 8.42 Å². The summed E-state index contributed by atoms with van der Waals surface area (Å²) in [5.74, 6) is -0.489. The molecule has 0 spiro atoms. The zero-order chi connectivity index (χ0) is 27.9. The summed E-state index contributed by atoms with van der Waals surface area (Å²) in [6.07, 6.45) is 0. The van der Waals surface area contributed by atoms with Crippen LogP contribution >= 0.6 is 11.6 Å². The molecule has 38 heavy (non-hydrogen) atoms. The molecule has 204 valence electrons. The number of aromatic nitrogens is 1. The number of pyridine rings is 1. The van der Waals surface area contributed by atoms with Crippen LogP contribution in [0.25, 0.3) is 0 Å². The Morgan fingerprint density at radius 1 is 1.08 bits per heavy atom. The molecule has 0 saturated heterocycles. The van der Waals surface area contributed by atoms with Crippen molar-refractivity contribution in [2.75, 3.05) is 44.0 Å². The molecule has 0 atom stereocenters. The average molecular weight is 566 g/mol. The second-order valence-electron chi connectivity index (χ2n) is 7.93. The van der Waals surface area contributed by atoms with Crippen molar-refractivity contribution in [3.63, 3.8) is 0 Å². The van der Waals surface area contributed by atoms with Crippen molar-refractivity contribution in [2.24, 2.45) is 10.2 Å². The Bertz CT molecular complexity index is 1440. The number of nitrogen functional groups attached to an aromatic ring is 1. The van der Waals surface area contributed by atoms with E-state index in [0.717, 1.165) is 8.87 Å². The van der Waals surface area contributed by atoms with E-state index >= 15 is 0 Å². The van der Waals surface area contributed by atoms with Gasteiger partial charge < -0.3 is 25.4 Å². The van der Waals surface area contributed by atoms with Crippen molar-refractivity contribution < 1.29 is 28.1 Å². The highest BCUT2D eigenvalue weighted by atomic mass is 35.5. The number of benzene rings is 2. The lowest BCUT2D eigenvalue weighted by atomic mass is 10.2. The molecular weight excluding hydrogens is 538 g/mol. The van der Waals surface area contributed by atoms with E-state index in [-0.39, 0.29) is 60.5 Å². The van der Waals surface area contributed by atoms with Crippen LogP contribution in [0.4, 0.5) is 22.7 Å². The summed E-state index contributed by atoms with van der Waals surface area (Å²) >= 11 is 5.89. The van der Waals surface area contributed by atoms with Gasteiger partial charge in [0.05, 0.1) is 49.2 Å². The van der Waals surface area contributed by atoms with Gasteiger partial charge in [0.1, 0.15) is 5.69 Å². The molecule has 0 aliphatic heterocycles. The molecule has 1 aromatic heterocycles. The number of anilines is 2. The van der Waals surface area contributed by atoms with Crippen molar-refractivity contribution in [3.05, 3.63) is 69.5 Å². The van der Waals surface area contributed by atoms with E-state index in [1.165, 1.54) is 38.4 Å². The minimum atomic E-state index is -3.86. The number of hydrogen-bond acceptors (Lipinski definition) is 10. The van der Waals surface area contributed by atoms with Gasteiger partial charge in [-0.15, -0.1) is 5.11 Å². The van der Waals surface area contributed by atoms with Crippen LogP contribution in [0.5, 0.6) is 5.88 Å². The van der Waals surface area contributed by atoms with E-state index in [0.29, 0.717) is 10.7 Å². The Morgan fingerprint density at radius 3 is 2.34 bits per heavy atom. The molecule has 0 bridgehead atoms. The van der Waals surface area contributed by atoms with Gasteiger partial charge in [-0.2, -0.15) is 5.11 Å². The van der Waals surface area contributed by atoms with Gasteiger partial charge in [-0.3, -0.25) is 13.7 Å². The molecule has 3 rings (SSSR count). The third-order valence-electron chi connectivity index (χ3n) is 5.49. The van der Waals surface area contributed by atoms with Gasteiger partial charge in [-0.1, -0.05) is 11.6 Å². The number of aliphatic hydroxyl groups excluding tert-OH is 1. The molecule has 14 heteroatoms. The Labute approximate surface area is 224 Å². The number of rotatable bonds is 12. The highest BCUT2D eigenvalue weighted by molar-refractivity contribution is 7.92. The Morgan fingerprint density at radius 2 is 1.74 bits per heavy atom. The van der Waals surface area contributed by atoms with Crippen molar-refractivity contribution in [3.8, 4) is 5.88 Å². The fraction of sp³-hybridized carbons (Fsp3) is 0.292. The summed E-state index contributed by atoms with van der Waals surface area (Å²) in [7, 11) is -1.03. The zero-order valence-electron chi connectivity index (χ0n) is 20.7. The van der Waals surface area contributed by atoms with E-state index in [1.807, 2.05) is 0 Å². The third kappa shape index (κ3) is 6.49. The topological polar surface area (TPSA) is 169 Å². The third-order valence-corrected chi connectivity index (χ3v) is 7.54. The van der Waals surface area contributed by atoms with Gasteiger partial charge in [0.15, 0.2) is 5.69 Å². The monoisotopic (exact) mass is 565 g/mol. The van der Waals surface area contributed by atoms with Crippen LogP contribution in [0.1, 0.15) is 5.56 Å². The molecule has 0 saturated carbocycles. The van der Waals surface area contributed by atoms with Crippen LogP contribution in [0.2, 0.25) is 5.02 Å². The number of azo groups is 1. The summed E-state index contributed by atoms with van der Waals surface area (Å²) in [5.41, 5.74) is 5.97. The molecule has 3 aromatic rings. The summed E-state index contributed by atoms with van der Waals surface area (Å²) in [4.78, 5) is 12.7. The van der Waals surface area contributed by atoms with Gasteiger partial charge in [0.2, 0.25) is 5.88 Å². The Kier molecular flexibility index (Phi) is 9.83. The van der Waals surface area contributed by atoms with Crippen LogP contribution in [0.3, 0.4) is 0 Å². The first-order valence-corrected chi connectivity index (χ1v) is 13.1. The number of methoxy groups -OCH3 is 1. The molecule has 4 N–H and O–H groups in total. The number of aromatic hydroxyl groups is 1. The minimum absolute atomic E-state index is 0.0255. The van der Waals surface area contributed by atoms with Crippen LogP contribution in [-0.2, 0) is 32.6 Å². The van der Waals surface area contributed by atoms with Crippen molar-refractivity contribution >= 4 is 44.4 Å². The van der Waals surface area contributed by atoms with Crippen molar-refractivity contribution in [1.29, 1.82) is 0 Å². The number of hydrogen-bond donors (Lipinski definition) is 3. The first-order valence-electron chi connectivity index (χ1n) is 11.3. The Balaban J connectivity index is 1.90. The van der Waals surface area contributed by atoms with Crippen LogP contribution in [0, 0.1) is 0 Å². The Hall–Kier alpha value is -3.49. The predicted molar refractivity (Wildman–Crippen MR) is 143 cm³/mol. The van der Waals surface area contributed by atoms with Gasteiger partial charge >= 0.3 is 0 Å². The minimum Gasteiger partial charge on any atom is -0.493 e. The standard InChI is InChI=1S/C24H28ClN5O7S/c1-29(18-7-3-16(25)4-8-18)38(34,35)19-9-5-17(6-10-19)27-28-22-20(15-36-2)21(26)23(32)30(24(22)33)11-13-37-14-12-31/h3-10,31,33H,11-15,26H2,1-2H3/b28-27+. The second kappa shape index (κ2) is 12.8. The smallest absolute Gasteiger partial charge is 0.277 e. The number of aliphatic hydroxyl groups is 1. The highest BCUT2D eigenvalue weighted by Gasteiger charge is 2.22. The molecule has 0 amide bonds. The lowest BCUT2D eigenvalue weighted by molar-refractivity contribution is 0.0854. The average Bonchev–Trinajstić information content (AvgIpc) is 2.91. The summed E-state index contributed by atoms with van der Waals surface area (Å²) in [6.45, 7) is -0.237. The largest absolute Gasteiger partial charge is 0.493 e. The summed E-state index contributed by atoms with van der Waals surface area (Å²) in [5, 5.41) is 28.3. The normalized spacial score (nSPS) is 11.8. The number of nitrogens with zero attached hydrogens (tertiary/aromatic N) is 4. The molecule has 0 aliphatic rings. The molecular formula is C24H28ClN5O7S. The van der Waals surface area contributed by atoms with Crippen LogP contribution < -0.4 is 15.6 Å². The van der Waals surface area contributed by atoms with Crippen molar-refractivity contribution in [1.82, 2.24) is 4.57 Å². The van der Waals surface area contributed by atoms with Crippen LogP contribution in [0.15, 0.2) is 68.4 Å². The van der Waals surface area contributed by atoms with E-state index in [1.54, 1.807) is 24.3 Å². The van der Waals surface area contributed by atoms with E-state index in [9.17, 15) is 18.3 Å². The molecule has 12 nitrogen and oxygen atoms in total. The highest BCUT2D eigenvalue weighted by Crippen LogP contribution is 2.34. The fourth-order valence-corrected chi connectivity index (χ4v) is 4.75. The maximum absolute atomic E-state index is 13.0. The maximum atomic E-state index is 13.0. The maximum Gasteiger partial charge on any atom is 0.277 e. The number of nitrogens with two attached hydrogens (primary N) is 1. The molecule has 0 fully saturated rings. The van der Waals surface area contributed by atoms with E-state index in [2.05, 4.69) is 10.2 Å². The summed E-state index contributed by atoms with van der Waals surface area (Å²) in [6, 6.07) is 12.0. The molecule has 0 radical (unpaired) electrons. The summed E-state index contributed by atoms with van der Waals surface area (Å²) < 4.78 is 38.5. The number of ether oxygens (including phenoxy) is 2. The zero-order valence-corrected chi connectivity index (χ0v) is 22.3. The van der Waals surface area contributed by atoms with E-state index < -0.39 is 21.5 Å². The lowest BCUT2D eigenvalue weighted by Gasteiger charge is -2.19. The van der Waals surface area contributed by atoms with Gasteiger partial charge in [0.25, 0.3) is 15.6 Å². The fourth-order valence-electron chi connectivity index (χ4n) is 3.43.